The van der Waals surface area contributed by atoms with Crippen molar-refractivity contribution < 1.29 is 14.7 Å². The first-order valence-electron chi connectivity index (χ1n) is 6.46. The van der Waals surface area contributed by atoms with E-state index in [1.165, 1.54) is 21.9 Å². The predicted octanol–water partition coefficient (Wildman–Crippen LogP) is 0.987. The van der Waals surface area contributed by atoms with E-state index in [9.17, 15) is 14.4 Å². The number of fused-ring (bicyclic) bond motifs is 1. The first-order chi connectivity index (χ1) is 10.0. The summed E-state index contributed by atoms with van der Waals surface area (Å²) in [7, 11) is 0. The number of aromatic nitrogens is 2. The molecule has 2 aromatic heterocycles. The van der Waals surface area contributed by atoms with Crippen molar-refractivity contribution in [3.8, 4) is 0 Å². The van der Waals surface area contributed by atoms with Crippen LogP contribution in [0.25, 0.3) is 4.96 Å². The Kier molecular flexibility index (Phi) is 4.69. The van der Waals surface area contributed by atoms with Crippen molar-refractivity contribution in [2.45, 2.75) is 19.8 Å². The molecule has 0 aliphatic heterocycles. The maximum atomic E-state index is 12.1. The number of rotatable bonds is 6. The Morgan fingerprint density at radius 2 is 2.29 bits per heavy atom. The van der Waals surface area contributed by atoms with Crippen molar-refractivity contribution in [1.82, 2.24) is 14.7 Å². The quantitative estimate of drug-likeness (QED) is 0.775. The van der Waals surface area contributed by atoms with Crippen LogP contribution in [0.3, 0.4) is 0 Å². The number of thiazole rings is 1. The average Bonchev–Trinajstić information content (AvgIpc) is 2.92. The van der Waals surface area contributed by atoms with E-state index in [4.69, 9.17) is 5.11 Å². The molecule has 2 heterocycles. The second-order valence-corrected chi connectivity index (χ2v) is 5.54. The van der Waals surface area contributed by atoms with Crippen LogP contribution in [0.4, 0.5) is 0 Å². The van der Waals surface area contributed by atoms with Crippen molar-refractivity contribution in [3.05, 3.63) is 33.7 Å². The molecule has 7 nitrogen and oxygen atoms in total. The van der Waals surface area contributed by atoms with Crippen molar-refractivity contribution in [2.24, 2.45) is 5.92 Å². The van der Waals surface area contributed by atoms with Gasteiger partial charge in [-0.3, -0.25) is 18.8 Å². The van der Waals surface area contributed by atoms with E-state index in [-0.39, 0.29) is 5.56 Å². The molecule has 0 saturated carbocycles. The first kappa shape index (κ1) is 15.2. The third-order valence-corrected chi connectivity index (χ3v) is 3.88. The van der Waals surface area contributed by atoms with Gasteiger partial charge >= 0.3 is 5.97 Å². The Bertz CT molecular complexity index is 722. The summed E-state index contributed by atoms with van der Waals surface area (Å²) in [5, 5.41) is 13.1. The maximum absolute atomic E-state index is 12.1. The molecule has 0 aromatic carbocycles. The molecule has 1 amide bonds. The van der Waals surface area contributed by atoms with E-state index in [1.807, 2.05) is 0 Å². The fourth-order valence-corrected chi connectivity index (χ4v) is 2.48. The molecule has 0 spiro atoms. The van der Waals surface area contributed by atoms with E-state index in [0.29, 0.717) is 24.3 Å². The maximum Gasteiger partial charge on any atom is 0.306 e. The summed E-state index contributed by atoms with van der Waals surface area (Å²) in [6, 6.07) is 0. The summed E-state index contributed by atoms with van der Waals surface area (Å²) in [6.07, 6.45) is 3.84. The molecule has 0 fully saturated rings. The Labute approximate surface area is 124 Å². The summed E-state index contributed by atoms with van der Waals surface area (Å²) in [5.41, 5.74) is -0.421. The fraction of sp³-hybridized carbons (Fsp3) is 0.385. The second-order valence-electron chi connectivity index (χ2n) is 4.67. The molecule has 1 unspecified atom stereocenters. The number of amides is 1. The molecule has 0 radical (unpaired) electrons. The summed E-state index contributed by atoms with van der Waals surface area (Å²) >= 11 is 1.31. The number of hydrogen-bond acceptors (Lipinski definition) is 5. The standard InChI is InChI=1S/C13H15N3O4S/c1-8(12(19)20)3-2-4-14-10(17)9-7-15-13-16(11(9)18)5-6-21-13/h5-8H,2-4H2,1H3,(H,14,17)(H,19,20). The fourth-order valence-electron chi connectivity index (χ4n) is 1.81. The van der Waals surface area contributed by atoms with Crippen molar-refractivity contribution in [1.29, 1.82) is 0 Å². The number of nitrogens with one attached hydrogen (secondary N) is 1. The van der Waals surface area contributed by atoms with Gasteiger partial charge in [0, 0.05) is 24.3 Å². The lowest BCUT2D eigenvalue weighted by Crippen LogP contribution is -2.32. The van der Waals surface area contributed by atoms with Crippen LogP contribution in [0.5, 0.6) is 0 Å². The topological polar surface area (TPSA) is 101 Å². The highest BCUT2D eigenvalue weighted by atomic mass is 32.1. The van der Waals surface area contributed by atoms with Crippen molar-refractivity contribution in [2.75, 3.05) is 6.54 Å². The largest absolute Gasteiger partial charge is 0.481 e. The monoisotopic (exact) mass is 309 g/mol. The zero-order chi connectivity index (χ0) is 15.4. The lowest BCUT2D eigenvalue weighted by Gasteiger charge is -2.07. The Hall–Kier alpha value is -2.22. The minimum Gasteiger partial charge on any atom is -0.481 e. The van der Waals surface area contributed by atoms with Gasteiger partial charge < -0.3 is 10.4 Å². The van der Waals surface area contributed by atoms with Gasteiger partial charge in [0.2, 0.25) is 0 Å². The third kappa shape index (κ3) is 3.46. The van der Waals surface area contributed by atoms with Crippen LogP contribution in [0.1, 0.15) is 30.1 Å². The SMILES string of the molecule is CC(CCCNC(=O)c1cnc2sccn2c1=O)C(=O)O. The normalized spacial score (nSPS) is 12.2. The molecule has 8 heteroatoms. The number of carboxylic acids is 1. The smallest absolute Gasteiger partial charge is 0.306 e. The molecule has 1 atom stereocenters. The van der Waals surface area contributed by atoms with Crippen LogP contribution in [0, 0.1) is 5.92 Å². The van der Waals surface area contributed by atoms with Gasteiger partial charge in [0.05, 0.1) is 5.92 Å². The molecule has 0 saturated heterocycles. The number of nitrogens with zero attached hydrogens (tertiary/aromatic N) is 2. The predicted molar refractivity (Wildman–Crippen MR) is 77.7 cm³/mol. The van der Waals surface area contributed by atoms with E-state index >= 15 is 0 Å². The third-order valence-electron chi connectivity index (χ3n) is 3.11. The van der Waals surface area contributed by atoms with E-state index in [0.717, 1.165) is 0 Å². The number of carbonyl (C=O) groups is 2. The van der Waals surface area contributed by atoms with E-state index < -0.39 is 23.4 Å². The van der Waals surface area contributed by atoms with Crippen LogP contribution in [-0.2, 0) is 4.79 Å². The highest BCUT2D eigenvalue weighted by Crippen LogP contribution is 2.06. The van der Waals surface area contributed by atoms with Gasteiger partial charge in [0.15, 0.2) is 4.96 Å². The molecule has 0 bridgehead atoms. The Balaban J connectivity index is 1.95. The van der Waals surface area contributed by atoms with Gasteiger partial charge in [0.25, 0.3) is 11.5 Å². The molecular formula is C13H15N3O4S. The number of carbonyl (C=O) groups excluding carboxylic acids is 1. The van der Waals surface area contributed by atoms with Crippen LogP contribution in [0.2, 0.25) is 0 Å². The number of carboxylic acid groups (broad SMARTS) is 1. The van der Waals surface area contributed by atoms with E-state index in [2.05, 4.69) is 10.3 Å². The summed E-state index contributed by atoms with van der Waals surface area (Å²) in [4.78, 5) is 39.2. The van der Waals surface area contributed by atoms with Gasteiger partial charge in [-0.05, 0) is 12.8 Å². The molecule has 112 valence electrons. The van der Waals surface area contributed by atoms with Crippen molar-refractivity contribution >= 4 is 28.2 Å². The highest BCUT2D eigenvalue weighted by molar-refractivity contribution is 7.15. The van der Waals surface area contributed by atoms with Gasteiger partial charge in [-0.25, -0.2) is 4.98 Å². The van der Waals surface area contributed by atoms with Gasteiger partial charge in [-0.2, -0.15) is 0 Å². The van der Waals surface area contributed by atoms with Gasteiger partial charge in [-0.1, -0.05) is 6.92 Å². The van der Waals surface area contributed by atoms with Crippen molar-refractivity contribution in [3.63, 3.8) is 0 Å². The lowest BCUT2D eigenvalue weighted by atomic mass is 10.1. The molecule has 2 aromatic rings. The minimum absolute atomic E-state index is 0.0165. The summed E-state index contributed by atoms with van der Waals surface area (Å²) in [6.45, 7) is 1.94. The van der Waals surface area contributed by atoms with E-state index in [1.54, 1.807) is 18.5 Å². The molecule has 2 rings (SSSR count). The second kappa shape index (κ2) is 6.49. The zero-order valence-electron chi connectivity index (χ0n) is 11.4. The molecule has 21 heavy (non-hydrogen) atoms. The zero-order valence-corrected chi connectivity index (χ0v) is 12.2. The number of aliphatic carboxylic acids is 1. The van der Waals surface area contributed by atoms with Crippen LogP contribution in [0.15, 0.2) is 22.6 Å². The lowest BCUT2D eigenvalue weighted by molar-refractivity contribution is -0.141. The molecule has 0 aliphatic carbocycles. The average molecular weight is 309 g/mol. The molecule has 0 aliphatic rings. The summed E-state index contributed by atoms with van der Waals surface area (Å²) in [5.74, 6) is -1.79. The van der Waals surface area contributed by atoms with Gasteiger partial charge in [0.1, 0.15) is 5.56 Å². The molecule has 2 N–H and O–H groups in total. The first-order valence-corrected chi connectivity index (χ1v) is 7.34. The summed E-state index contributed by atoms with van der Waals surface area (Å²) < 4.78 is 1.33. The van der Waals surface area contributed by atoms with Crippen LogP contribution in [-0.4, -0.2) is 32.9 Å². The Morgan fingerprint density at radius 3 is 3.00 bits per heavy atom. The molecular weight excluding hydrogens is 294 g/mol. The highest BCUT2D eigenvalue weighted by Gasteiger charge is 2.14. The van der Waals surface area contributed by atoms with Gasteiger partial charge in [-0.15, -0.1) is 11.3 Å². The van der Waals surface area contributed by atoms with Crippen LogP contribution >= 0.6 is 11.3 Å². The number of hydrogen-bond donors (Lipinski definition) is 2. The minimum atomic E-state index is -0.855. The van der Waals surface area contributed by atoms with Crippen LogP contribution < -0.4 is 10.9 Å². The Morgan fingerprint density at radius 1 is 1.52 bits per heavy atom.